The molecule has 0 fully saturated rings. The predicted molar refractivity (Wildman–Crippen MR) is 59.1 cm³/mol. The van der Waals surface area contributed by atoms with Crippen LogP contribution in [0.4, 0.5) is 5.69 Å². The zero-order valence-electron chi connectivity index (χ0n) is 7.10. The van der Waals surface area contributed by atoms with Crippen LogP contribution in [0.5, 0.6) is 0 Å². The smallest absolute Gasteiger partial charge is 0.0714 e. The third-order valence-electron chi connectivity index (χ3n) is 1.69. The molecular weight excluding hydrogens is 180 g/mol. The minimum atomic E-state index is 0.972. The first-order valence-electron chi connectivity index (χ1n) is 4.11. The Hall–Kier alpha value is -1.22. The molecule has 1 heterocycles. The maximum absolute atomic E-state index is 4.25. The van der Waals surface area contributed by atoms with Gasteiger partial charge in [0, 0.05) is 5.75 Å². The van der Waals surface area contributed by atoms with E-state index in [1.165, 1.54) is 0 Å². The van der Waals surface area contributed by atoms with Crippen LogP contribution in [-0.4, -0.2) is 11.5 Å². The first-order valence-corrected chi connectivity index (χ1v) is 5.16. The van der Waals surface area contributed by atoms with Gasteiger partial charge in [0.15, 0.2) is 0 Å². The van der Waals surface area contributed by atoms with Crippen LogP contribution in [0.25, 0.3) is 0 Å². The Labute approximate surface area is 81.7 Å². The van der Waals surface area contributed by atoms with Crippen molar-refractivity contribution in [1.29, 1.82) is 0 Å². The molecule has 0 amide bonds. The van der Waals surface area contributed by atoms with Crippen molar-refractivity contribution in [2.24, 2.45) is 5.10 Å². The molecule has 0 atom stereocenters. The molecule has 2 nitrogen and oxygen atoms in total. The fourth-order valence-corrected chi connectivity index (χ4v) is 1.71. The van der Waals surface area contributed by atoms with Crippen molar-refractivity contribution < 1.29 is 0 Å². The number of allylic oxidation sites excluding steroid dienone is 1. The first-order chi connectivity index (χ1) is 6.45. The van der Waals surface area contributed by atoms with Gasteiger partial charge in [-0.3, -0.25) is 5.43 Å². The van der Waals surface area contributed by atoms with Crippen LogP contribution in [0.3, 0.4) is 0 Å². The number of thioether (sulfide) groups is 1. The highest BCUT2D eigenvalue weighted by atomic mass is 32.2. The van der Waals surface area contributed by atoms with Crippen LogP contribution in [0.2, 0.25) is 0 Å². The molecule has 1 aliphatic heterocycles. The highest BCUT2D eigenvalue weighted by molar-refractivity contribution is 8.03. The van der Waals surface area contributed by atoms with Crippen LogP contribution >= 0.6 is 11.8 Å². The van der Waals surface area contributed by atoms with Crippen molar-refractivity contribution in [2.75, 3.05) is 11.2 Å². The molecule has 1 aromatic carbocycles. The normalized spacial score (nSPS) is 18.0. The minimum absolute atomic E-state index is 0.972. The number of nitrogens with zero attached hydrogens (tertiary/aromatic N) is 1. The van der Waals surface area contributed by atoms with Crippen molar-refractivity contribution in [3.8, 4) is 0 Å². The minimum Gasteiger partial charge on any atom is -0.278 e. The van der Waals surface area contributed by atoms with Gasteiger partial charge in [-0.15, -0.1) is 11.8 Å². The van der Waals surface area contributed by atoms with E-state index in [-0.39, 0.29) is 0 Å². The van der Waals surface area contributed by atoms with Gasteiger partial charge in [0.25, 0.3) is 0 Å². The highest BCUT2D eigenvalue weighted by Gasteiger charge is 1.99. The van der Waals surface area contributed by atoms with Crippen molar-refractivity contribution >= 4 is 23.2 Å². The number of hydrogen-bond donors (Lipinski definition) is 1. The lowest BCUT2D eigenvalue weighted by atomic mass is 10.3. The van der Waals surface area contributed by atoms with Gasteiger partial charge in [0.2, 0.25) is 0 Å². The molecular formula is C10H10N2S. The lowest BCUT2D eigenvalue weighted by Gasteiger charge is -1.99. The number of hydrazone groups is 1. The van der Waals surface area contributed by atoms with E-state index < -0.39 is 0 Å². The number of hydrogen-bond acceptors (Lipinski definition) is 3. The van der Waals surface area contributed by atoms with Gasteiger partial charge in [-0.25, -0.2) is 0 Å². The lowest BCUT2D eigenvalue weighted by molar-refractivity contribution is 1.33. The van der Waals surface area contributed by atoms with Crippen molar-refractivity contribution in [3.05, 3.63) is 41.8 Å². The fraction of sp³-hybridized carbons (Fsp3) is 0.100. The van der Waals surface area contributed by atoms with E-state index >= 15 is 0 Å². The largest absolute Gasteiger partial charge is 0.278 e. The standard InChI is InChI=1S/C10H10N2S/c1-2-4-9(5-3-1)11-12-10-6-7-13-8-10/h1-7,11H,8H2. The van der Waals surface area contributed by atoms with Crippen LogP contribution in [0.15, 0.2) is 46.9 Å². The summed E-state index contributed by atoms with van der Waals surface area (Å²) in [6, 6.07) is 9.96. The number of rotatable bonds is 2. The molecule has 0 radical (unpaired) electrons. The summed E-state index contributed by atoms with van der Waals surface area (Å²) >= 11 is 1.77. The zero-order chi connectivity index (χ0) is 8.93. The van der Waals surface area contributed by atoms with E-state index in [0.29, 0.717) is 0 Å². The lowest BCUT2D eigenvalue weighted by Crippen LogP contribution is -1.98. The molecule has 0 unspecified atom stereocenters. The van der Waals surface area contributed by atoms with E-state index in [4.69, 9.17) is 0 Å². The van der Waals surface area contributed by atoms with Gasteiger partial charge in [-0.05, 0) is 23.6 Å². The van der Waals surface area contributed by atoms with Gasteiger partial charge in [-0.1, -0.05) is 18.2 Å². The molecule has 3 heteroatoms. The molecule has 1 N–H and O–H groups in total. The molecule has 1 aromatic rings. The summed E-state index contributed by atoms with van der Waals surface area (Å²) in [7, 11) is 0. The van der Waals surface area contributed by atoms with Crippen LogP contribution in [0, 0.1) is 0 Å². The number of para-hydroxylation sites is 1. The SMILES string of the molecule is C1=CC(=NNc2ccccc2)CS1. The van der Waals surface area contributed by atoms with E-state index in [9.17, 15) is 0 Å². The van der Waals surface area contributed by atoms with Crippen LogP contribution < -0.4 is 5.43 Å². The molecule has 13 heavy (non-hydrogen) atoms. The Balaban J connectivity index is 1.99. The van der Waals surface area contributed by atoms with E-state index in [1.54, 1.807) is 11.8 Å². The Morgan fingerprint density at radius 2 is 2.08 bits per heavy atom. The van der Waals surface area contributed by atoms with Gasteiger partial charge in [0.1, 0.15) is 0 Å². The zero-order valence-corrected chi connectivity index (χ0v) is 7.92. The first kappa shape index (κ1) is 8.38. The third-order valence-corrected chi connectivity index (χ3v) is 2.48. The van der Waals surface area contributed by atoms with Crippen molar-refractivity contribution in [3.63, 3.8) is 0 Å². The van der Waals surface area contributed by atoms with E-state index in [2.05, 4.69) is 15.9 Å². The molecule has 0 aromatic heterocycles. The Kier molecular flexibility index (Phi) is 2.67. The van der Waals surface area contributed by atoms with Crippen molar-refractivity contribution in [1.82, 2.24) is 0 Å². The summed E-state index contributed by atoms with van der Waals surface area (Å²) in [5, 5.41) is 6.31. The molecule has 0 saturated carbocycles. The molecule has 0 spiro atoms. The summed E-state index contributed by atoms with van der Waals surface area (Å²) < 4.78 is 0. The third kappa shape index (κ3) is 2.36. The average Bonchev–Trinajstić information content (AvgIpc) is 2.69. The maximum Gasteiger partial charge on any atom is 0.0714 e. The van der Waals surface area contributed by atoms with Crippen LogP contribution in [0.1, 0.15) is 0 Å². The number of nitrogens with one attached hydrogen (secondary N) is 1. The topological polar surface area (TPSA) is 24.4 Å². The Morgan fingerprint density at radius 1 is 1.23 bits per heavy atom. The summed E-state index contributed by atoms with van der Waals surface area (Å²) in [6.07, 6.45) is 2.03. The molecule has 66 valence electrons. The molecule has 0 saturated heterocycles. The predicted octanol–water partition coefficient (Wildman–Crippen LogP) is 2.72. The Bertz CT molecular complexity index is 330. The van der Waals surface area contributed by atoms with Gasteiger partial charge in [-0.2, -0.15) is 5.10 Å². The maximum atomic E-state index is 4.25. The molecule has 0 bridgehead atoms. The summed E-state index contributed by atoms with van der Waals surface area (Å²) in [5.41, 5.74) is 5.13. The second kappa shape index (κ2) is 4.14. The summed E-state index contributed by atoms with van der Waals surface area (Å²) in [4.78, 5) is 0. The highest BCUT2D eigenvalue weighted by Crippen LogP contribution is 2.12. The molecule has 0 aliphatic carbocycles. The summed E-state index contributed by atoms with van der Waals surface area (Å²) in [5.74, 6) is 0.972. The summed E-state index contributed by atoms with van der Waals surface area (Å²) in [6.45, 7) is 0. The van der Waals surface area contributed by atoms with Crippen molar-refractivity contribution in [2.45, 2.75) is 0 Å². The van der Waals surface area contributed by atoms with Crippen LogP contribution in [-0.2, 0) is 0 Å². The monoisotopic (exact) mass is 190 g/mol. The number of anilines is 1. The Morgan fingerprint density at radius 3 is 2.77 bits per heavy atom. The van der Waals surface area contributed by atoms with Gasteiger partial charge >= 0.3 is 0 Å². The molecule has 1 aliphatic rings. The second-order valence-corrected chi connectivity index (χ2v) is 3.59. The van der Waals surface area contributed by atoms with E-state index in [0.717, 1.165) is 17.2 Å². The quantitative estimate of drug-likeness (QED) is 0.725. The average molecular weight is 190 g/mol. The number of benzene rings is 1. The van der Waals surface area contributed by atoms with Gasteiger partial charge < -0.3 is 0 Å². The van der Waals surface area contributed by atoms with Gasteiger partial charge in [0.05, 0.1) is 11.4 Å². The second-order valence-electron chi connectivity index (χ2n) is 2.69. The fourth-order valence-electron chi connectivity index (χ4n) is 1.03. The van der Waals surface area contributed by atoms with E-state index in [1.807, 2.05) is 36.4 Å². The molecule has 2 rings (SSSR count).